The van der Waals surface area contributed by atoms with Crippen molar-refractivity contribution in [3.63, 3.8) is 0 Å². The van der Waals surface area contributed by atoms with Crippen LogP contribution in [0.1, 0.15) is 0 Å². The molecule has 0 spiro atoms. The van der Waals surface area contributed by atoms with Crippen molar-refractivity contribution in [3.8, 4) is 22.9 Å². The van der Waals surface area contributed by atoms with Gasteiger partial charge < -0.3 is 25.8 Å². The molecule has 30 heavy (non-hydrogen) atoms. The standard InChI is InChI=1S/C21H21N7O2/c1-29-16-10-15(11-17(12-16)30-2)24-19-18(4-3-9-23-19)20-26-21(28-27-20)25-14-7-5-13(22)6-8-14/h3-12H,22H2,1-2H3,(H,23,24)(H2,25,26,27,28). The van der Waals surface area contributed by atoms with Crippen LogP contribution >= 0.6 is 0 Å². The Bertz CT molecular complexity index is 1120. The molecule has 0 aliphatic carbocycles. The number of aromatic amines is 1. The monoisotopic (exact) mass is 403 g/mol. The first kappa shape index (κ1) is 19.1. The summed E-state index contributed by atoms with van der Waals surface area (Å²) in [4.78, 5) is 8.98. The van der Waals surface area contributed by atoms with E-state index >= 15 is 0 Å². The highest BCUT2D eigenvalue weighted by molar-refractivity contribution is 5.75. The molecule has 2 aromatic carbocycles. The number of nitrogens with zero attached hydrogens (tertiary/aromatic N) is 3. The molecule has 9 nitrogen and oxygen atoms in total. The molecule has 0 amide bonds. The number of hydrogen-bond acceptors (Lipinski definition) is 8. The quantitative estimate of drug-likeness (QED) is 0.342. The molecule has 0 unspecified atom stereocenters. The van der Waals surface area contributed by atoms with E-state index in [2.05, 4.69) is 30.8 Å². The number of ether oxygens (including phenoxy) is 2. The van der Waals surface area contributed by atoms with Crippen molar-refractivity contribution in [2.45, 2.75) is 0 Å². The zero-order valence-electron chi connectivity index (χ0n) is 16.5. The van der Waals surface area contributed by atoms with Crippen LogP contribution in [0.5, 0.6) is 11.5 Å². The van der Waals surface area contributed by atoms with Gasteiger partial charge in [-0.05, 0) is 36.4 Å². The van der Waals surface area contributed by atoms with Crippen molar-refractivity contribution in [1.29, 1.82) is 0 Å². The van der Waals surface area contributed by atoms with E-state index in [-0.39, 0.29) is 0 Å². The average Bonchev–Trinajstić information content (AvgIpc) is 3.23. The second kappa shape index (κ2) is 8.39. The summed E-state index contributed by atoms with van der Waals surface area (Å²) < 4.78 is 10.7. The number of anilines is 5. The Hall–Kier alpha value is -4.27. The fourth-order valence-electron chi connectivity index (χ4n) is 2.85. The molecule has 152 valence electrons. The first-order valence-corrected chi connectivity index (χ1v) is 9.15. The molecular formula is C21H21N7O2. The summed E-state index contributed by atoms with van der Waals surface area (Å²) in [5.41, 5.74) is 8.78. The van der Waals surface area contributed by atoms with Gasteiger partial charge in [0, 0.05) is 41.5 Å². The zero-order valence-corrected chi connectivity index (χ0v) is 16.5. The van der Waals surface area contributed by atoms with E-state index in [0.29, 0.717) is 34.8 Å². The third kappa shape index (κ3) is 4.25. The maximum Gasteiger partial charge on any atom is 0.246 e. The summed E-state index contributed by atoms with van der Waals surface area (Å²) in [6.07, 6.45) is 1.70. The maximum absolute atomic E-state index is 5.72. The highest BCUT2D eigenvalue weighted by Crippen LogP contribution is 2.31. The zero-order chi connectivity index (χ0) is 20.9. The van der Waals surface area contributed by atoms with Gasteiger partial charge in [0.1, 0.15) is 17.3 Å². The SMILES string of the molecule is COc1cc(Nc2ncccc2-c2nc(Nc3ccc(N)cc3)n[nH]2)cc(OC)c1. The first-order valence-electron chi connectivity index (χ1n) is 9.15. The summed E-state index contributed by atoms with van der Waals surface area (Å²) in [7, 11) is 3.21. The van der Waals surface area contributed by atoms with E-state index in [0.717, 1.165) is 16.9 Å². The lowest BCUT2D eigenvalue weighted by Gasteiger charge is -2.12. The van der Waals surface area contributed by atoms with Gasteiger partial charge in [0.15, 0.2) is 5.82 Å². The lowest BCUT2D eigenvalue weighted by molar-refractivity contribution is 0.395. The fourth-order valence-corrected chi connectivity index (χ4v) is 2.85. The van der Waals surface area contributed by atoms with Crippen molar-refractivity contribution >= 4 is 28.8 Å². The average molecular weight is 403 g/mol. The molecule has 0 saturated carbocycles. The number of rotatable bonds is 7. The molecule has 0 atom stereocenters. The summed E-state index contributed by atoms with van der Waals surface area (Å²) >= 11 is 0. The van der Waals surface area contributed by atoms with Crippen LogP contribution in [0.4, 0.5) is 28.8 Å². The number of methoxy groups -OCH3 is 2. The lowest BCUT2D eigenvalue weighted by Crippen LogP contribution is -1.98. The predicted octanol–water partition coefficient (Wildman–Crippen LogP) is 3.95. The van der Waals surface area contributed by atoms with Crippen molar-refractivity contribution < 1.29 is 9.47 Å². The van der Waals surface area contributed by atoms with Gasteiger partial charge in [0.25, 0.3) is 0 Å². The van der Waals surface area contributed by atoms with Gasteiger partial charge in [-0.25, -0.2) is 4.98 Å². The van der Waals surface area contributed by atoms with Crippen LogP contribution in [0.3, 0.4) is 0 Å². The fraction of sp³-hybridized carbons (Fsp3) is 0.0952. The molecule has 0 aliphatic rings. The number of pyridine rings is 1. The number of nitrogens with one attached hydrogen (secondary N) is 3. The number of nitrogen functional groups attached to an aromatic ring is 1. The molecule has 0 bridgehead atoms. The molecule has 2 aromatic heterocycles. The summed E-state index contributed by atoms with van der Waals surface area (Å²) in [6, 6.07) is 16.6. The third-order valence-electron chi connectivity index (χ3n) is 4.33. The molecular weight excluding hydrogens is 382 g/mol. The topological polar surface area (TPSA) is 123 Å². The highest BCUT2D eigenvalue weighted by Gasteiger charge is 2.13. The molecule has 2 heterocycles. The van der Waals surface area contributed by atoms with Crippen LogP contribution in [0.25, 0.3) is 11.4 Å². The van der Waals surface area contributed by atoms with E-state index in [9.17, 15) is 0 Å². The van der Waals surface area contributed by atoms with Gasteiger partial charge in [0.05, 0.1) is 19.8 Å². The van der Waals surface area contributed by atoms with Gasteiger partial charge >= 0.3 is 0 Å². The van der Waals surface area contributed by atoms with Crippen LogP contribution in [0, 0.1) is 0 Å². The summed E-state index contributed by atoms with van der Waals surface area (Å²) in [5, 5.41) is 13.6. The van der Waals surface area contributed by atoms with E-state index in [4.69, 9.17) is 15.2 Å². The van der Waals surface area contributed by atoms with Crippen molar-refractivity contribution in [1.82, 2.24) is 20.2 Å². The predicted molar refractivity (Wildman–Crippen MR) is 117 cm³/mol. The Morgan fingerprint density at radius 3 is 2.33 bits per heavy atom. The number of benzene rings is 2. The molecule has 5 N–H and O–H groups in total. The summed E-state index contributed by atoms with van der Waals surface area (Å²) in [6.45, 7) is 0. The molecule has 0 aliphatic heterocycles. The number of H-pyrrole nitrogens is 1. The lowest BCUT2D eigenvalue weighted by atomic mass is 10.2. The third-order valence-corrected chi connectivity index (χ3v) is 4.33. The van der Waals surface area contributed by atoms with Gasteiger partial charge in [-0.1, -0.05) is 0 Å². The van der Waals surface area contributed by atoms with Crippen LogP contribution < -0.4 is 25.8 Å². The largest absolute Gasteiger partial charge is 0.497 e. The maximum atomic E-state index is 5.72. The van der Waals surface area contributed by atoms with Crippen LogP contribution in [0.2, 0.25) is 0 Å². The van der Waals surface area contributed by atoms with E-state index < -0.39 is 0 Å². The Kier molecular flexibility index (Phi) is 5.33. The second-order valence-corrected chi connectivity index (χ2v) is 6.38. The van der Waals surface area contributed by atoms with Crippen LogP contribution in [0.15, 0.2) is 60.8 Å². The summed E-state index contributed by atoms with van der Waals surface area (Å²) in [5.74, 6) is 2.96. The van der Waals surface area contributed by atoms with E-state index in [1.54, 1.807) is 38.6 Å². The molecule has 0 radical (unpaired) electrons. The van der Waals surface area contributed by atoms with Gasteiger partial charge in [-0.3, -0.25) is 5.10 Å². The van der Waals surface area contributed by atoms with Crippen molar-refractivity contribution in [2.24, 2.45) is 0 Å². The minimum absolute atomic E-state index is 0.438. The molecule has 4 aromatic rings. The first-order chi connectivity index (χ1) is 14.6. The smallest absolute Gasteiger partial charge is 0.246 e. The van der Waals surface area contributed by atoms with Crippen LogP contribution in [-0.2, 0) is 0 Å². The Morgan fingerprint density at radius 1 is 0.900 bits per heavy atom. The molecule has 0 fully saturated rings. The number of hydrogen-bond donors (Lipinski definition) is 4. The van der Waals surface area contributed by atoms with Gasteiger partial charge in [-0.15, -0.1) is 5.10 Å². The second-order valence-electron chi connectivity index (χ2n) is 6.38. The Morgan fingerprint density at radius 2 is 1.63 bits per heavy atom. The highest BCUT2D eigenvalue weighted by atomic mass is 16.5. The van der Waals surface area contributed by atoms with E-state index in [1.165, 1.54) is 0 Å². The molecule has 9 heteroatoms. The Balaban J connectivity index is 1.60. The minimum Gasteiger partial charge on any atom is -0.497 e. The van der Waals surface area contributed by atoms with Gasteiger partial charge in [-0.2, -0.15) is 4.98 Å². The van der Waals surface area contributed by atoms with E-state index in [1.807, 2.05) is 36.4 Å². The number of aromatic nitrogens is 4. The normalized spacial score (nSPS) is 10.5. The van der Waals surface area contributed by atoms with Crippen molar-refractivity contribution in [2.75, 3.05) is 30.6 Å². The molecule has 4 rings (SSSR count). The Labute approximate surface area is 173 Å². The van der Waals surface area contributed by atoms with Gasteiger partial charge in [0.2, 0.25) is 5.95 Å². The molecule has 0 saturated heterocycles. The van der Waals surface area contributed by atoms with Crippen LogP contribution in [-0.4, -0.2) is 34.4 Å². The minimum atomic E-state index is 0.438. The van der Waals surface area contributed by atoms with Crippen molar-refractivity contribution in [3.05, 3.63) is 60.8 Å². The number of nitrogens with two attached hydrogens (primary N) is 1.